The second-order valence-corrected chi connectivity index (χ2v) is 6.55. The van der Waals surface area contributed by atoms with E-state index in [4.69, 9.17) is 10.2 Å². The Balaban J connectivity index is 1.62. The second-order valence-electron chi connectivity index (χ2n) is 6.55. The highest BCUT2D eigenvalue weighted by Gasteiger charge is 2.50. The van der Waals surface area contributed by atoms with Crippen molar-refractivity contribution in [1.82, 2.24) is 0 Å². The topological polar surface area (TPSA) is 39.2 Å². The van der Waals surface area contributed by atoms with Gasteiger partial charge in [0.05, 0.1) is 12.3 Å². The zero-order valence-electron chi connectivity index (χ0n) is 10.2. The first-order valence-corrected chi connectivity index (χ1v) is 7.10. The van der Waals surface area contributed by atoms with E-state index in [0.717, 1.165) is 29.4 Å². The fraction of sp³-hybridized carbons (Fsp3) is 0.733. The van der Waals surface area contributed by atoms with Crippen LogP contribution in [0.1, 0.15) is 43.9 Å². The first-order chi connectivity index (χ1) is 8.31. The molecule has 0 radical (unpaired) electrons. The smallest absolute Gasteiger partial charge is 0.120 e. The maximum Gasteiger partial charge on any atom is 0.120 e. The van der Waals surface area contributed by atoms with E-state index in [0.29, 0.717) is 5.92 Å². The van der Waals surface area contributed by atoms with Crippen LogP contribution in [0.15, 0.2) is 22.8 Å². The van der Waals surface area contributed by atoms with Gasteiger partial charge in [-0.3, -0.25) is 0 Å². The SMILES string of the molecule is NC(c1ccco1)C1C2CC3CC(C2)CC1C3. The van der Waals surface area contributed by atoms with Gasteiger partial charge < -0.3 is 10.2 Å². The van der Waals surface area contributed by atoms with Gasteiger partial charge >= 0.3 is 0 Å². The molecule has 1 aromatic heterocycles. The van der Waals surface area contributed by atoms with Gasteiger partial charge in [0.15, 0.2) is 0 Å². The fourth-order valence-corrected chi connectivity index (χ4v) is 5.22. The van der Waals surface area contributed by atoms with Gasteiger partial charge in [0.25, 0.3) is 0 Å². The van der Waals surface area contributed by atoms with Gasteiger partial charge in [0.1, 0.15) is 5.76 Å². The Morgan fingerprint density at radius 2 is 1.71 bits per heavy atom. The van der Waals surface area contributed by atoms with Crippen molar-refractivity contribution in [3.8, 4) is 0 Å². The van der Waals surface area contributed by atoms with Crippen molar-refractivity contribution >= 4 is 0 Å². The van der Waals surface area contributed by atoms with Gasteiger partial charge in [-0.2, -0.15) is 0 Å². The lowest BCUT2D eigenvalue weighted by molar-refractivity contribution is -0.0496. The third-order valence-electron chi connectivity index (χ3n) is 5.59. The molecular formula is C15H21NO. The van der Waals surface area contributed by atoms with Crippen molar-refractivity contribution < 1.29 is 4.42 Å². The lowest BCUT2D eigenvalue weighted by Crippen LogP contribution is -2.48. The van der Waals surface area contributed by atoms with Crippen molar-refractivity contribution in [2.75, 3.05) is 0 Å². The summed E-state index contributed by atoms with van der Waals surface area (Å²) in [7, 11) is 0. The van der Waals surface area contributed by atoms with Crippen molar-refractivity contribution in [2.45, 2.75) is 38.1 Å². The van der Waals surface area contributed by atoms with Crippen molar-refractivity contribution in [3.63, 3.8) is 0 Å². The van der Waals surface area contributed by atoms with Crippen LogP contribution in [0.4, 0.5) is 0 Å². The number of hydrogen-bond acceptors (Lipinski definition) is 2. The van der Waals surface area contributed by atoms with Gasteiger partial charge in [0, 0.05) is 0 Å². The van der Waals surface area contributed by atoms with E-state index >= 15 is 0 Å². The minimum Gasteiger partial charge on any atom is -0.468 e. The van der Waals surface area contributed by atoms with E-state index in [1.54, 1.807) is 6.26 Å². The predicted molar refractivity (Wildman–Crippen MR) is 66.2 cm³/mol. The molecule has 0 amide bonds. The van der Waals surface area contributed by atoms with E-state index in [1.165, 1.54) is 32.1 Å². The molecule has 5 rings (SSSR count). The molecule has 0 aromatic carbocycles. The number of rotatable bonds is 2. The van der Waals surface area contributed by atoms with Crippen LogP contribution in [-0.2, 0) is 0 Å². The van der Waals surface area contributed by atoms with E-state index < -0.39 is 0 Å². The van der Waals surface area contributed by atoms with Crippen LogP contribution in [0.3, 0.4) is 0 Å². The highest BCUT2D eigenvalue weighted by Crippen LogP contribution is 2.58. The minimum atomic E-state index is 0.139. The first-order valence-electron chi connectivity index (χ1n) is 7.10. The van der Waals surface area contributed by atoms with Gasteiger partial charge in [-0.1, -0.05) is 0 Å². The molecule has 4 bridgehead atoms. The van der Waals surface area contributed by atoms with Crippen LogP contribution < -0.4 is 5.73 Å². The lowest BCUT2D eigenvalue weighted by Gasteiger charge is -2.55. The van der Waals surface area contributed by atoms with Crippen LogP contribution in [0.5, 0.6) is 0 Å². The summed E-state index contributed by atoms with van der Waals surface area (Å²) in [4.78, 5) is 0. The molecule has 17 heavy (non-hydrogen) atoms. The molecule has 1 atom stereocenters. The van der Waals surface area contributed by atoms with Crippen molar-refractivity contribution in [1.29, 1.82) is 0 Å². The van der Waals surface area contributed by atoms with Gasteiger partial charge in [-0.15, -0.1) is 0 Å². The normalized spacial score (nSPS) is 45.1. The van der Waals surface area contributed by atoms with Crippen LogP contribution >= 0.6 is 0 Å². The highest BCUT2D eigenvalue weighted by molar-refractivity contribution is 5.10. The largest absolute Gasteiger partial charge is 0.468 e. The summed E-state index contributed by atoms with van der Waals surface area (Å²) in [5.74, 6) is 5.50. The Kier molecular flexibility index (Phi) is 2.17. The Morgan fingerprint density at radius 3 is 2.24 bits per heavy atom. The average molecular weight is 231 g/mol. The van der Waals surface area contributed by atoms with E-state index in [9.17, 15) is 0 Å². The molecule has 2 N–H and O–H groups in total. The Labute approximate surface area is 103 Å². The molecule has 2 heteroatoms. The summed E-state index contributed by atoms with van der Waals surface area (Å²) < 4.78 is 5.53. The molecule has 1 aromatic rings. The number of nitrogens with two attached hydrogens (primary N) is 1. The molecule has 4 aliphatic carbocycles. The summed E-state index contributed by atoms with van der Waals surface area (Å²) in [6, 6.07) is 4.15. The number of furan rings is 1. The van der Waals surface area contributed by atoms with E-state index in [2.05, 4.69) is 6.07 Å². The van der Waals surface area contributed by atoms with Gasteiger partial charge in [-0.05, 0) is 73.8 Å². The van der Waals surface area contributed by atoms with E-state index in [-0.39, 0.29) is 6.04 Å². The van der Waals surface area contributed by atoms with Gasteiger partial charge in [-0.25, -0.2) is 0 Å². The molecule has 4 saturated carbocycles. The summed E-state index contributed by atoms with van der Waals surface area (Å²) in [6.45, 7) is 0. The molecule has 1 unspecified atom stereocenters. The molecule has 0 aliphatic heterocycles. The van der Waals surface area contributed by atoms with Crippen molar-refractivity contribution in [3.05, 3.63) is 24.2 Å². The third kappa shape index (κ3) is 1.50. The summed E-state index contributed by atoms with van der Waals surface area (Å²) >= 11 is 0. The molecule has 0 saturated heterocycles. The predicted octanol–water partition coefficient (Wildman–Crippen LogP) is 3.35. The van der Waals surface area contributed by atoms with Crippen molar-refractivity contribution in [2.24, 2.45) is 35.3 Å². The van der Waals surface area contributed by atoms with Crippen LogP contribution in [0.25, 0.3) is 0 Å². The standard InChI is InChI=1S/C15H21NO/c16-15(13-2-1-3-17-13)14-11-5-9-4-10(7-11)8-12(14)6-9/h1-3,9-12,14-15H,4-8,16H2. The van der Waals surface area contributed by atoms with E-state index in [1.807, 2.05) is 6.07 Å². The van der Waals surface area contributed by atoms with Crippen LogP contribution in [0, 0.1) is 29.6 Å². The Bertz CT molecular complexity index is 369. The molecule has 2 nitrogen and oxygen atoms in total. The molecular weight excluding hydrogens is 210 g/mol. The molecule has 4 aliphatic rings. The molecule has 1 heterocycles. The average Bonchev–Trinajstić information content (AvgIpc) is 2.80. The summed E-state index contributed by atoms with van der Waals surface area (Å²) in [5, 5.41) is 0. The molecule has 4 fully saturated rings. The zero-order chi connectivity index (χ0) is 11.4. The second kappa shape index (κ2) is 3.61. The van der Waals surface area contributed by atoms with Crippen LogP contribution in [-0.4, -0.2) is 0 Å². The Morgan fingerprint density at radius 1 is 1.06 bits per heavy atom. The molecule has 92 valence electrons. The Hall–Kier alpha value is -0.760. The lowest BCUT2D eigenvalue weighted by atomic mass is 9.50. The maximum atomic E-state index is 6.47. The third-order valence-corrected chi connectivity index (χ3v) is 5.59. The maximum absolute atomic E-state index is 6.47. The zero-order valence-corrected chi connectivity index (χ0v) is 10.2. The first kappa shape index (κ1) is 10.2. The highest BCUT2D eigenvalue weighted by atomic mass is 16.3. The van der Waals surface area contributed by atoms with Crippen LogP contribution in [0.2, 0.25) is 0 Å². The minimum absolute atomic E-state index is 0.139. The monoisotopic (exact) mass is 231 g/mol. The van der Waals surface area contributed by atoms with Gasteiger partial charge in [0.2, 0.25) is 0 Å². The summed E-state index contributed by atoms with van der Waals surface area (Å²) in [6.07, 6.45) is 9.01. The molecule has 0 spiro atoms. The number of hydrogen-bond donors (Lipinski definition) is 1. The summed E-state index contributed by atoms with van der Waals surface area (Å²) in [5.41, 5.74) is 6.47. The fourth-order valence-electron chi connectivity index (χ4n) is 5.22. The quantitative estimate of drug-likeness (QED) is 0.847.